The Hall–Kier alpha value is -0.600. The van der Waals surface area contributed by atoms with Crippen LogP contribution < -0.4 is 5.73 Å². The molecule has 0 spiro atoms. The largest absolute Gasteiger partial charge is 0.322 e. The summed E-state index contributed by atoms with van der Waals surface area (Å²) in [5.74, 6) is 0.590. The van der Waals surface area contributed by atoms with Gasteiger partial charge in [0.2, 0.25) is 0 Å². The molecule has 0 aromatic carbocycles. The zero-order valence-electron chi connectivity index (χ0n) is 7.41. The molecule has 13 heavy (non-hydrogen) atoms. The molecule has 1 aliphatic carbocycles. The number of nitrogens with zero attached hydrogens (tertiary/aromatic N) is 1. The molecule has 2 nitrogen and oxygen atoms in total. The molecule has 1 aromatic heterocycles. The van der Waals surface area contributed by atoms with E-state index >= 15 is 0 Å². The summed E-state index contributed by atoms with van der Waals surface area (Å²) in [6.45, 7) is 0. The van der Waals surface area contributed by atoms with E-state index in [1.807, 2.05) is 12.1 Å². The van der Waals surface area contributed by atoms with Gasteiger partial charge in [0.05, 0.1) is 16.8 Å². The van der Waals surface area contributed by atoms with Gasteiger partial charge in [0, 0.05) is 6.20 Å². The average Bonchev–Trinajstić information content (AvgIpc) is 2.01. The van der Waals surface area contributed by atoms with Crippen molar-refractivity contribution in [3.8, 4) is 0 Å². The molecule has 1 heterocycles. The highest BCUT2D eigenvalue weighted by Crippen LogP contribution is 2.37. The molecule has 0 saturated heterocycles. The van der Waals surface area contributed by atoms with Crippen molar-refractivity contribution >= 4 is 11.6 Å². The first-order valence-electron chi connectivity index (χ1n) is 4.65. The predicted molar refractivity (Wildman–Crippen MR) is 53.5 cm³/mol. The molecule has 2 N–H and O–H groups in total. The van der Waals surface area contributed by atoms with Crippen molar-refractivity contribution in [2.45, 2.75) is 25.3 Å². The number of aromatic nitrogens is 1. The van der Waals surface area contributed by atoms with Crippen LogP contribution in [0.1, 0.15) is 31.0 Å². The second-order valence-corrected chi connectivity index (χ2v) is 3.99. The van der Waals surface area contributed by atoms with Gasteiger partial charge in [0.1, 0.15) is 0 Å². The summed E-state index contributed by atoms with van der Waals surface area (Å²) in [7, 11) is 0. The average molecular weight is 197 g/mol. The van der Waals surface area contributed by atoms with Crippen LogP contribution >= 0.6 is 11.6 Å². The smallest absolute Gasteiger partial charge is 0.0759 e. The fourth-order valence-electron chi connectivity index (χ4n) is 1.67. The first-order chi connectivity index (χ1) is 6.29. The van der Waals surface area contributed by atoms with Gasteiger partial charge in [0.15, 0.2) is 0 Å². The lowest BCUT2D eigenvalue weighted by molar-refractivity contribution is 0.261. The number of rotatable bonds is 2. The third-order valence-electron chi connectivity index (χ3n) is 2.76. The normalized spacial score (nSPS) is 19.5. The number of halogens is 1. The number of pyridine rings is 1. The van der Waals surface area contributed by atoms with Gasteiger partial charge in [-0.15, -0.1) is 0 Å². The summed E-state index contributed by atoms with van der Waals surface area (Å²) in [5, 5.41) is 0.696. The van der Waals surface area contributed by atoms with Gasteiger partial charge in [-0.05, 0) is 30.9 Å². The van der Waals surface area contributed by atoms with Crippen molar-refractivity contribution < 1.29 is 0 Å². The van der Waals surface area contributed by atoms with E-state index in [0.29, 0.717) is 10.9 Å². The molecular weight excluding hydrogens is 184 g/mol. The van der Waals surface area contributed by atoms with E-state index in [0.717, 1.165) is 5.69 Å². The van der Waals surface area contributed by atoms with Crippen LogP contribution in [0.5, 0.6) is 0 Å². The maximum Gasteiger partial charge on any atom is 0.0759 e. The third-order valence-corrected chi connectivity index (χ3v) is 3.08. The SMILES string of the molecule is NC(c1ncccc1Cl)C1CCC1. The predicted octanol–water partition coefficient (Wildman–Crippen LogP) is 2.53. The highest BCUT2D eigenvalue weighted by Gasteiger charge is 2.27. The van der Waals surface area contributed by atoms with Crippen molar-refractivity contribution in [2.24, 2.45) is 11.7 Å². The molecule has 1 unspecified atom stereocenters. The van der Waals surface area contributed by atoms with Gasteiger partial charge in [-0.25, -0.2) is 0 Å². The minimum absolute atomic E-state index is 0.0300. The van der Waals surface area contributed by atoms with Crippen LogP contribution in [-0.2, 0) is 0 Å². The summed E-state index contributed by atoms with van der Waals surface area (Å²) in [6.07, 6.45) is 5.48. The van der Waals surface area contributed by atoms with Gasteiger partial charge >= 0.3 is 0 Å². The van der Waals surface area contributed by atoms with E-state index in [1.165, 1.54) is 19.3 Å². The Kier molecular flexibility index (Phi) is 2.51. The van der Waals surface area contributed by atoms with E-state index in [9.17, 15) is 0 Å². The molecule has 2 rings (SSSR count). The van der Waals surface area contributed by atoms with Crippen molar-refractivity contribution in [3.05, 3.63) is 29.0 Å². The Morgan fingerprint density at radius 3 is 2.85 bits per heavy atom. The van der Waals surface area contributed by atoms with Gasteiger partial charge in [-0.2, -0.15) is 0 Å². The summed E-state index contributed by atoms with van der Waals surface area (Å²) >= 11 is 6.00. The fraction of sp³-hybridized carbons (Fsp3) is 0.500. The summed E-state index contributed by atoms with van der Waals surface area (Å²) in [4.78, 5) is 4.22. The molecule has 1 aliphatic rings. The molecule has 1 aromatic rings. The molecule has 70 valence electrons. The van der Waals surface area contributed by atoms with E-state index in [2.05, 4.69) is 4.98 Å². The van der Waals surface area contributed by atoms with Crippen LogP contribution in [0.25, 0.3) is 0 Å². The first-order valence-corrected chi connectivity index (χ1v) is 5.03. The minimum Gasteiger partial charge on any atom is -0.322 e. The Balaban J connectivity index is 2.18. The number of hydrogen-bond acceptors (Lipinski definition) is 2. The Bertz CT molecular complexity index is 297. The van der Waals surface area contributed by atoms with E-state index < -0.39 is 0 Å². The van der Waals surface area contributed by atoms with E-state index in [-0.39, 0.29) is 6.04 Å². The zero-order valence-corrected chi connectivity index (χ0v) is 8.17. The van der Waals surface area contributed by atoms with E-state index in [1.54, 1.807) is 6.20 Å². The molecule has 0 radical (unpaired) electrons. The van der Waals surface area contributed by atoms with Gasteiger partial charge in [-0.3, -0.25) is 4.98 Å². The number of hydrogen-bond donors (Lipinski definition) is 1. The van der Waals surface area contributed by atoms with Crippen molar-refractivity contribution in [2.75, 3.05) is 0 Å². The van der Waals surface area contributed by atoms with Crippen molar-refractivity contribution in [1.82, 2.24) is 4.98 Å². The summed E-state index contributed by atoms with van der Waals surface area (Å²) < 4.78 is 0. The maximum absolute atomic E-state index is 6.05. The molecule has 0 bridgehead atoms. The first kappa shape index (κ1) is 8.97. The maximum atomic E-state index is 6.05. The fourth-order valence-corrected chi connectivity index (χ4v) is 1.91. The second-order valence-electron chi connectivity index (χ2n) is 3.59. The Morgan fingerprint density at radius 1 is 1.54 bits per heavy atom. The standard InChI is InChI=1S/C10H13ClN2/c11-8-5-2-6-13-10(8)9(12)7-3-1-4-7/h2,5-7,9H,1,3-4,12H2. The molecule has 1 atom stereocenters. The number of nitrogens with two attached hydrogens (primary N) is 1. The lowest BCUT2D eigenvalue weighted by Gasteiger charge is -2.31. The van der Waals surface area contributed by atoms with Crippen LogP contribution in [0.4, 0.5) is 0 Å². The van der Waals surface area contributed by atoms with E-state index in [4.69, 9.17) is 17.3 Å². The zero-order chi connectivity index (χ0) is 9.26. The topological polar surface area (TPSA) is 38.9 Å². The molecule has 0 amide bonds. The minimum atomic E-state index is 0.0300. The third kappa shape index (κ3) is 1.69. The lowest BCUT2D eigenvalue weighted by Crippen LogP contribution is -2.27. The molecular formula is C10H13ClN2. The summed E-state index contributed by atoms with van der Waals surface area (Å²) in [6, 6.07) is 3.71. The van der Waals surface area contributed by atoms with Crippen molar-refractivity contribution in [1.29, 1.82) is 0 Å². The van der Waals surface area contributed by atoms with Gasteiger partial charge in [0.25, 0.3) is 0 Å². The van der Waals surface area contributed by atoms with Crippen LogP contribution in [0.2, 0.25) is 5.02 Å². The molecule has 3 heteroatoms. The molecule has 1 saturated carbocycles. The highest BCUT2D eigenvalue weighted by molar-refractivity contribution is 6.31. The van der Waals surface area contributed by atoms with Crippen LogP contribution in [-0.4, -0.2) is 4.98 Å². The Morgan fingerprint density at radius 2 is 2.31 bits per heavy atom. The van der Waals surface area contributed by atoms with Gasteiger partial charge in [-0.1, -0.05) is 18.0 Å². The second kappa shape index (κ2) is 3.64. The quantitative estimate of drug-likeness (QED) is 0.790. The van der Waals surface area contributed by atoms with Crippen LogP contribution in [0.3, 0.4) is 0 Å². The molecule has 0 aliphatic heterocycles. The monoisotopic (exact) mass is 196 g/mol. The van der Waals surface area contributed by atoms with Crippen molar-refractivity contribution in [3.63, 3.8) is 0 Å². The lowest BCUT2D eigenvalue weighted by atomic mass is 9.79. The molecule has 1 fully saturated rings. The Labute approximate surface area is 83.1 Å². The van der Waals surface area contributed by atoms with Crippen LogP contribution in [0, 0.1) is 5.92 Å². The van der Waals surface area contributed by atoms with Gasteiger partial charge < -0.3 is 5.73 Å². The van der Waals surface area contributed by atoms with Crippen LogP contribution in [0.15, 0.2) is 18.3 Å². The highest BCUT2D eigenvalue weighted by atomic mass is 35.5. The summed E-state index contributed by atoms with van der Waals surface area (Å²) in [5.41, 5.74) is 6.91.